The molecule has 0 bridgehead atoms. The number of hydrogen-bond acceptors (Lipinski definition) is 6. The average molecular weight is 578 g/mol. The van der Waals surface area contributed by atoms with Crippen LogP contribution in [0.1, 0.15) is 63.8 Å². The van der Waals surface area contributed by atoms with E-state index in [0.29, 0.717) is 39.1 Å². The van der Waals surface area contributed by atoms with Gasteiger partial charge in [-0.3, -0.25) is 19.6 Å². The van der Waals surface area contributed by atoms with Crippen LogP contribution in [0.5, 0.6) is 0 Å². The number of hydrogen-bond donors (Lipinski definition) is 2. The van der Waals surface area contributed by atoms with Crippen molar-refractivity contribution in [1.29, 1.82) is 0 Å². The van der Waals surface area contributed by atoms with Crippen molar-refractivity contribution in [2.75, 3.05) is 38.3 Å². The van der Waals surface area contributed by atoms with Crippen LogP contribution < -0.4 is 5.43 Å². The number of aliphatic imine (C=N–C) groups is 2. The van der Waals surface area contributed by atoms with Crippen molar-refractivity contribution in [3.05, 3.63) is 29.8 Å². The van der Waals surface area contributed by atoms with Crippen LogP contribution in [0.15, 0.2) is 28.4 Å². The van der Waals surface area contributed by atoms with Gasteiger partial charge < -0.3 is 19.5 Å². The Morgan fingerprint density at radius 1 is 1.29 bits per heavy atom. The van der Waals surface area contributed by atoms with E-state index in [1.807, 2.05) is 36.5 Å². The number of ether oxygens (including phenoxy) is 2. The van der Waals surface area contributed by atoms with Crippen molar-refractivity contribution < 1.29 is 28.2 Å². The lowest BCUT2D eigenvalue weighted by Gasteiger charge is -2.34. The third-order valence-corrected chi connectivity index (χ3v) is 7.85. The maximum absolute atomic E-state index is 13.3. The van der Waals surface area contributed by atoms with Crippen LogP contribution in [-0.4, -0.2) is 94.7 Å². The number of rotatable bonds is 9. The van der Waals surface area contributed by atoms with E-state index < -0.39 is 18.2 Å². The summed E-state index contributed by atoms with van der Waals surface area (Å²) in [5.74, 6) is 0.319. The fourth-order valence-corrected chi connectivity index (χ4v) is 5.43. The molecule has 0 unspecified atom stereocenters. The van der Waals surface area contributed by atoms with E-state index >= 15 is 0 Å². The summed E-state index contributed by atoms with van der Waals surface area (Å²) < 4.78 is 38.4. The Hall–Kier alpha value is -3.16. The molecule has 2 aromatic rings. The Labute approximate surface area is 239 Å². The Morgan fingerprint density at radius 3 is 2.61 bits per heavy atom. The highest BCUT2D eigenvalue weighted by atomic mass is 19.3. The van der Waals surface area contributed by atoms with E-state index in [1.165, 1.54) is 0 Å². The number of aliphatic hydroxyl groups excluding tert-OH is 1. The van der Waals surface area contributed by atoms with Gasteiger partial charge in [0, 0.05) is 47.7 Å². The minimum absolute atomic E-state index is 0.0179. The molecule has 2 N–H and O–H groups in total. The van der Waals surface area contributed by atoms with E-state index in [9.17, 15) is 18.7 Å². The fourth-order valence-electron chi connectivity index (χ4n) is 5.43. The number of carbonyl (C=O) groups is 1. The van der Waals surface area contributed by atoms with Gasteiger partial charge in [0.1, 0.15) is 5.54 Å². The van der Waals surface area contributed by atoms with Gasteiger partial charge in [-0.2, -0.15) is 13.9 Å². The molecule has 0 aromatic carbocycles. The van der Waals surface area contributed by atoms with Gasteiger partial charge in [-0.05, 0) is 66.2 Å². The van der Waals surface area contributed by atoms with Crippen molar-refractivity contribution in [1.82, 2.24) is 19.4 Å². The number of morpholine rings is 1. The van der Waals surface area contributed by atoms with Gasteiger partial charge in [0.05, 0.1) is 38.2 Å². The first-order chi connectivity index (χ1) is 19.5. The van der Waals surface area contributed by atoms with Gasteiger partial charge in [-0.25, -0.2) is 9.98 Å². The first kappa shape index (κ1) is 30.8. The maximum Gasteiger partial charge on any atom is 0.345 e. The van der Waals surface area contributed by atoms with Crippen LogP contribution >= 0.6 is 0 Å². The minimum atomic E-state index is -2.88. The summed E-state index contributed by atoms with van der Waals surface area (Å²) in [5.41, 5.74) is 5.91. The van der Waals surface area contributed by atoms with E-state index in [4.69, 9.17) is 4.74 Å². The number of aliphatic hydroxyl groups is 1. The van der Waals surface area contributed by atoms with Gasteiger partial charge in [-0.1, -0.05) is 0 Å². The zero-order valence-corrected chi connectivity index (χ0v) is 24.2. The summed E-state index contributed by atoms with van der Waals surface area (Å²) in [6.07, 6.45) is 6.32. The molecule has 0 spiro atoms. The first-order valence-corrected chi connectivity index (χ1v) is 14.1. The first-order valence-electron chi connectivity index (χ1n) is 14.1. The van der Waals surface area contributed by atoms with Gasteiger partial charge in [-0.15, -0.1) is 0 Å². The van der Waals surface area contributed by atoms with Crippen molar-refractivity contribution in [3.63, 3.8) is 0 Å². The summed E-state index contributed by atoms with van der Waals surface area (Å²) in [5, 5.41) is 14.7. The summed E-state index contributed by atoms with van der Waals surface area (Å²) in [6.45, 7) is 9.94. The highest BCUT2D eigenvalue weighted by Crippen LogP contribution is 2.37. The Morgan fingerprint density at radius 2 is 1.98 bits per heavy atom. The molecule has 2 aliphatic rings. The summed E-state index contributed by atoms with van der Waals surface area (Å²) in [7, 11) is 0. The minimum Gasteiger partial charge on any atom is -0.393 e. The summed E-state index contributed by atoms with van der Waals surface area (Å²) in [4.78, 5) is 23.5. The Bertz CT molecular complexity index is 1230. The molecule has 2 aromatic heterocycles. The monoisotopic (exact) mass is 577 g/mol. The third-order valence-electron chi connectivity index (χ3n) is 7.85. The molecule has 226 valence electrons. The van der Waals surface area contributed by atoms with Crippen LogP contribution in [0.4, 0.5) is 8.78 Å². The molecule has 1 aliphatic heterocycles. The normalized spacial score (nSPS) is 21.3. The zero-order valence-electron chi connectivity index (χ0n) is 24.2. The second-order valence-electron chi connectivity index (χ2n) is 11.2. The molecule has 2 fully saturated rings. The van der Waals surface area contributed by atoms with Gasteiger partial charge >= 0.3 is 6.61 Å². The lowest BCUT2D eigenvalue weighted by atomic mass is 9.85. The molecule has 1 atom stereocenters. The van der Waals surface area contributed by atoms with Crippen LogP contribution in [0, 0.1) is 6.92 Å². The quantitative estimate of drug-likeness (QED) is 0.348. The molecule has 4 rings (SSSR count). The Balaban J connectivity index is 1.65. The van der Waals surface area contributed by atoms with Gasteiger partial charge in [0.25, 0.3) is 0 Å². The number of guanidine groups is 1. The SMILES string of the molecule is C=NC(=N[C@@H](C)COC(F)F)Nn1c(C2CCC(O)CC2)cc(-c2cnn(C(C)(C)C(=O)N3CCOCC3)c2)c1C. The predicted molar refractivity (Wildman–Crippen MR) is 152 cm³/mol. The molecule has 11 nitrogen and oxygen atoms in total. The molecule has 41 heavy (non-hydrogen) atoms. The van der Waals surface area contributed by atoms with Crippen LogP contribution in [0.25, 0.3) is 11.1 Å². The number of nitrogens with one attached hydrogen (secondary N) is 1. The zero-order chi connectivity index (χ0) is 29.7. The van der Waals surface area contributed by atoms with Crippen molar-refractivity contribution in [2.45, 2.75) is 83.6 Å². The molecule has 1 saturated carbocycles. The molecule has 0 radical (unpaired) electrons. The smallest absolute Gasteiger partial charge is 0.345 e. The fraction of sp³-hybridized carbons (Fsp3) is 0.643. The van der Waals surface area contributed by atoms with Crippen LogP contribution in [0.2, 0.25) is 0 Å². The van der Waals surface area contributed by atoms with Crippen molar-refractivity contribution in [2.24, 2.45) is 9.98 Å². The second-order valence-corrected chi connectivity index (χ2v) is 11.2. The average Bonchev–Trinajstić information content (AvgIpc) is 3.57. The lowest BCUT2D eigenvalue weighted by Crippen LogP contribution is -2.51. The van der Waals surface area contributed by atoms with Gasteiger partial charge in [0.15, 0.2) is 0 Å². The van der Waals surface area contributed by atoms with E-state index in [-0.39, 0.29) is 30.5 Å². The Kier molecular flexibility index (Phi) is 9.92. The van der Waals surface area contributed by atoms with Gasteiger partial charge in [0.2, 0.25) is 11.9 Å². The highest BCUT2D eigenvalue weighted by molar-refractivity contribution is 5.91. The van der Waals surface area contributed by atoms with Crippen LogP contribution in [-0.2, 0) is 19.8 Å². The second kappa shape index (κ2) is 13.2. The number of halogens is 2. The molecule has 1 amide bonds. The highest BCUT2D eigenvalue weighted by Gasteiger charge is 2.36. The lowest BCUT2D eigenvalue weighted by molar-refractivity contribution is -0.143. The van der Waals surface area contributed by atoms with Crippen molar-refractivity contribution in [3.8, 4) is 11.1 Å². The maximum atomic E-state index is 13.3. The molecular formula is C28H41F2N7O4. The number of amides is 1. The number of aromatic nitrogens is 3. The molecular weight excluding hydrogens is 536 g/mol. The summed E-state index contributed by atoms with van der Waals surface area (Å²) >= 11 is 0. The van der Waals surface area contributed by atoms with Crippen LogP contribution in [0.3, 0.4) is 0 Å². The topological polar surface area (TPSA) is 118 Å². The molecule has 13 heteroatoms. The largest absolute Gasteiger partial charge is 0.393 e. The van der Waals surface area contributed by atoms with Crippen molar-refractivity contribution >= 4 is 18.6 Å². The molecule has 3 heterocycles. The standard InChI is InChI=1S/C28H41F2N7O4/c1-18(17-41-26(29)30)33-27(31-5)34-37-19(2)23(14-24(37)20-6-8-22(38)9-7-20)21-15-32-36(16-21)28(3,4)25(39)35-10-12-40-13-11-35/h14-16,18,20,22,26,38H,5-13,17H2,1-4H3,(H,33,34)/t18-,20?,22?/m0/s1. The molecule has 1 saturated heterocycles. The number of alkyl halides is 2. The van der Waals surface area contributed by atoms with E-state index in [1.54, 1.807) is 17.8 Å². The third kappa shape index (κ3) is 7.19. The predicted octanol–water partition coefficient (Wildman–Crippen LogP) is 3.50. The van der Waals surface area contributed by atoms with E-state index in [0.717, 1.165) is 35.4 Å². The summed E-state index contributed by atoms with van der Waals surface area (Å²) in [6, 6.07) is 1.51. The number of nitrogens with zero attached hydrogens (tertiary/aromatic N) is 6. The number of carbonyl (C=O) groups excluding carboxylic acids is 1. The molecule has 1 aliphatic carbocycles. The van der Waals surface area contributed by atoms with E-state index in [2.05, 4.69) is 38.0 Å².